The van der Waals surface area contributed by atoms with Crippen molar-refractivity contribution < 1.29 is 4.79 Å². The molecule has 3 aromatic carbocycles. The minimum Gasteiger partial charge on any atom is -0.366 e. The van der Waals surface area contributed by atoms with Gasteiger partial charge in [-0.3, -0.25) is 4.79 Å². The summed E-state index contributed by atoms with van der Waals surface area (Å²) in [6.07, 6.45) is 0. The molecular formula is C29H37NOSi2. The van der Waals surface area contributed by atoms with Gasteiger partial charge in [0.05, 0.1) is 16.1 Å². The van der Waals surface area contributed by atoms with E-state index in [-0.39, 0.29) is 5.91 Å². The van der Waals surface area contributed by atoms with Crippen molar-refractivity contribution >= 4 is 38.0 Å². The number of primary amides is 1. The quantitative estimate of drug-likeness (QED) is 0.312. The third-order valence-electron chi connectivity index (χ3n) is 6.39. The Bertz CT molecular complexity index is 1210. The van der Waals surface area contributed by atoms with Crippen LogP contribution in [0.15, 0.2) is 66.7 Å². The lowest BCUT2D eigenvalue weighted by molar-refractivity contribution is 0.0999. The molecule has 4 heteroatoms. The first-order chi connectivity index (χ1) is 15.3. The maximum Gasteiger partial charge on any atom is 0.248 e. The van der Waals surface area contributed by atoms with E-state index in [9.17, 15) is 4.79 Å². The largest absolute Gasteiger partial charge is 0.366 e. The van der Waals surface area contributed by atoms with Crippen LogP contribution in [0.5, 0.6) is 0 Å². The van der Waals surface area contributed by atoms with Crippen molar-refractivity contribution in [3.63, 3.8) is 0 Å². The van der Waals surface area contributed by atoms with E-state index >= 15 is 0 Å². The molecule has 0 saturated heterocycles. The second-order valence-electron chi connectivity index (χ2n) is 10.9. The molecule has 0 aliphatic heterocycles. The van der Waals surface area contributed by atoms with Crippen LogP contribution in [0.1, 0.15) is 38.2 Å². The van der Waals surface area contributed by atoms with Crippen molar-refractivity contribution in [1.82, 2.24) is 0 Å². The Kier molecular flexibility index (Phi) is 7.01. The predicted octanol–water partition coefficient (Wildman–Crippen LogP) is 6.78. The van der Waals surface area contributed by atoms with Crippen LogP contribution in [-0.4, -0.2) is 22.1 Å². The standard InChI is InChI=1S/C29H37NOSi2/c1-20-21(2)24(29(30)31)19-18-23(20)27(25-16-12-13-17-26(25)32(3,4)5)28(33(6,7)8)22-14-10-9-11-15-22/h9-19H,1-8H3,(H2,30,31). The maximum absolute atomic E-state index is 12.0. The van der Waals surface area contributed by atoms with E-state index in [1.807, 2.05) is 13.0 Å². The zero-order chi connectivity index (χ0) is 24.6. The zero-order valence-electron chi connectivity index (χ0n) is 21.3. The normalized spacial score (nSPS) is 13.0. The van der Waals surface area contributed by atoms with E-state index in [4.69, 9.17) is 5.73 Å². The minimum atomic E-state index is -1.81. The van der Waals surface area contributed by atoms with Crippen LogP contribution in [0.3, 0.4) is 0 Å². The second kappa shape index (κ2) is 9.28. The van der Waals surface area contributed by atoms with E-state index in [1.165, 1.54) is 32.6 Å². The highest BCUT2D eigenvalue weighted by Crippen LogP contribution is 2.40. The fourth-order valence-electron chi connectivity index (χ4n) is 4.69. The summed E-state index contributed by atoms with van der Waals surface area (Å²) in [5, 5.41) is 2.91. The molecule has 0 radical (unpaired) electrons. The van der Waals surface area contributed by atoms with E-state index < -0.39 is 16.1 Å². The Morgan fingerprint density at radius 3 is 1.73 bits per heavy atom. The molecule has 0 spiro atoms. The van der Waals surface area contributed by atoms with Gasteiger partial charge in [-0.1, -0.05) is 105 Å². The first kappa shape index (κ1) is 24.9. The summed E-state index contributed by atoms with van der Waals surface area (Å²) in [5.74, 6) is -0.372. The lowest BCUT2D eigenvalue weighted by atomic mass is 9.88. The Morgan fingerprint density at radius 1 is 0.667 bits per heavy atom. The fourth-order valence-corrected chi connectivity index (χ4v) is 8.35. The van der Waals surface area contributed by atoms with Crippen molar-refractivity contribution in [2.45, 2.75) is 53.1 Å². The summed E-state index contributed by atoms with van der Waals surface area (Å²) >= 11 is 0. The highest BCUT2D eigenvalue weighted by molar-refractivity contribution is 6.95. The topological polar surface area (TPSA) is 43.1 Å². The molecule has 172 valence electrons. The third-order valence-corrected chi connectivity index (χ3v) is 10.5. The van der Waals surface area contributed by atoms with Crippen LogP contribution in [0.25, 0.3) is 10.8 Å². The molecule has 0 aliphatic rings. The molecular weight excluding hydrogens is 434 g/mol. The summed E-state index contributed by atoms with van der Waals surface area (Å²) < 4.78 is 0. The molecule has 1 amide bonds. The fraction of sp³-hybridized carbons (Fsp3) is 0.276. The average Bonchev–Trinajstić information content (AvgIpc) is 2.73. The summed E-state index contributed by atoms with van der Waals surface area (Å²) in [6, 6.07) is 23.8. The monoisotopic (exact) mass is 471 g/mol. The lowest BCUT2D eigenvalue weighted by Crippen LogP contribution is -2.40. The van der Waals surface area contributed by atoms with Gasteiger partial charge in [-0.2, -0.15) is 0 Å². The molecule has 33 heavy (non-hydrogen) atoms. The second-order valence-corrected chi connectivity index (χ2v) is 21.0. The van der Waals surface area contributed by atoms with Gasteiger partial charge in [0.25, 0.3) is 0 Å². The first-order valence-electron chi connectivity index (χ1n) is 11.6. The Hall–Kier alpha value is -2.70. The summed E-state index contributed by atoms with van der Waals surface area (Å²) in [7, 11) is -3.44. The summed E-state index contributed by atoms with van der Waals surface area (Å²) in [6.45, 7) is 18.6. The highest BCUT2D eigenvalue weighted by atomic mass is 28.3. The molecule has 0 aliphatic carbocycles. The smallest absolute Gasteiger partial charge is 0.248 e. The van der Waals surface area contributed by atoms with Gasteiger partial charge in [-0.25, -0.2) is 0 Å². The minimum absolute atomic E-state index is 0.372. The Labute approximate surface area is 201 Å². The van der Waals surface area contributed by atoms with Crippen molar-refractivity contribution in [3.8, 4) is 0 Å². The molecule has 2 N–H and O–H groups in total. The molecule has 0 unspecified atom stereocenters. The number of nitrogens with two attached hydrogens (primary N) is 1. The number of carbonyl (C=O) groups is 1. The van der Waals surface area contributed by atoms with Crippen LogP contribution >= 0.6 is 0 Å². The van der Waals surface area contributed by atoms with Crippen LogP contribution in [-0.2, 0) is 0 Å². The highest BCUT2D eigenvalue weighted by Gasteiger charge is 2.30. The molecule has 0 saturated carbocycles. The number of hydrogen-bond donors (Lipinski definition) is 1. The van der Waals surface area contributed by atoms with E-state index in [2.05, 4.69) is 107 Å². The molecule has 0 aromatic heterocycles. The van der Waals surface area contributed by atoms with E-state index in [0.29, 0.717) is 5.56 Å². The number of rotatable bonds is 6. The van der Waals surface area contributed by atoms with Gasteiger partial charge < -0.3 is 5.73 Å². The van der Waals surface area contributed by atoms with Gasteiger partial charge in [0.1, 0.15) is 0 Å². The van der Waals surface area contributed by atoms with E-state index in [1.54, 1.807) is 0 Å². The van der Waals surface area contributed by atoms with E-state index in [0.717, 1.165) is 11.1 Å². The third kappa shape index (κ3) is 5.12. The molecule has 0 bridgehead atoms. The molecule has 0 fully saturated rings. The van der Waals surface area contributed by atoms with Crippen LogP contribution in [0.4, 0.5) is 0 Å². The molecule has 2 nitrogen and oxygen atoms in total. The van der Waals surface area contributed by atoms with Gasteiger partial charge >= 0.3 is 0 Å². The maximum atomic E-state index is 12.0. The van der Waals surface area contributed by atoms with Crippen molar-refractivity contribution in [2.24, 2.45) is 5.73 Å². The molecule has 3 aromatic rings. The van der Waals surface area contributed by atoms with Gasteiger partial charge in [0.2, 0.25) is 5.91 Å². The van der Waals surface area contributed by atoms with Gasteiger partial charge in [-0.05, 0) is 58.5 Å². The van der Waals surface area contributed by atoms with Crippen molar-refractivity contribution in [1.29, 1.82) is 0 Å². The first-order valence-corrected chi connectivity index (χ1v) is 18.6. The average molecular weight is 472 g/mol. The van der Waals surface area contributed by atoms with Crippen LogP contribution in [0, 0.1) is 13.8 Å². The van der Waals surface area contributed by atoms with Crippen LogP contribution < -0.4 is 10.9 Å². The van der Waals surface area contributed by atoms with Crippen LogP contribution in [0.2, 0.25) is 39.3 Å². The Morgan fingerprint density at radius 2 is 1.18 bits per heavy atom. The Balaban J connectivity index is 2.56. The van der Waals surface area contributed by atoms with Gasteiger partial charge in [0, 0.05) is 5.56 Å². The molecule has 0 atom stereocenters. The summed E-state index contributed by atoms with van der Waals surface area (Å²) in [4.78, 5) is 12.0. The zero-order valence-corrected chi connectivity index (χ0v) is 23.3. The predicted molar refractivity (Wildman–Crippen MR) is 150 cm³/mol. The van der Waals surface area contributed by atoms with Gasteiger partial charge in [-0.15, -0.1) is 0 Å². The molecule has 3 rings (SSSR count). The SMILES string of the molecule is Cc1c(C(N)=O)ccc(C(=C(c2ccccc2)[Si](C)(C)C)c2ccccc2[Si](C)(C)C)c1C. The van der Waals surface area contributed by atoms with Gasteiger partial charge in [0.15, 0.2) is 0 Å². The lowest BCUT2D eigenvalue weighted by Gasteiger charge is -2.31. The number of amides is 1. The number of hydrogen-bond acceptors (Lipinski definition) is 1. The number of carbonyl (C=O) groups excluding carboxylic acids is 1. The number of benzene rings is 3. The molecule has 0 heterocycles. The van der Waals surface area contributed by atoms with Crippen molar-refractivity contribution in [2.75, 3.05) is 0 Å². The van der Waals surface area contributed by atoms with Crippen molar-refractivity contribution in [3.05, 3.63) is 100 Å². The summed E-state index contributed by atoms with van der Waals surface area (Å²) in [5.41, 5.74) is 13.5.